The fraction of sp³-hybridized carbons (Fsp3) is 0.250. The van der Waals surface area contributed by atoms with E-state index in [1.807, 2.05) is 6.92 Å². The van der Waals surface area contributed by atoms with Crippen LogP contribution in [0.1, 0.15) is 16.9 Å². The van der Waals surface area contributed by atoms with E-state index in [0.717, 1.165) is 31.1 Å². The van der Waals surface area contributed by atoms with E-state index in [1.165, 1.54) is 11.1 Å². The van der Waals surface area contributed by atoms with E-state index >= 15 is 0 Å². The molecule has 4 rings (SSSR count). The van der Waals surface area contributed by atoms with E-state index in [-0.39, 0.29) is 0 Å². The molecule has 0 saturated carbocycles. The van der Waals surface area contributed by atoms with E-state index < -0.39 is 0 Å². The Morgan fingerprint density at radius 3 is 2.91 bits per heavy atom. The lowest BCUT2D eigenvalue weighted by atomic mass is 10.0. The number of rotatable bonds is 3. The largest absolute Gasteiger partial charge is 0.360 e. The summed E-state index contributed by atoms with van der Waals surface area (Å²) in [7, 11) is 0. The fourth-order valence-corrected chi connectivity index (χ4v) is 2.73. The standard InChI is InChI=1S/C16H16N6O/c1-11-8-14(21-23-11)18-16-19-15(9-17-20-16)22-7-6-12-4-2-3-5-13(12)10-22/h2-5,8-9H,6-7,10H2,1H3,(H,18,19,20,21). The van der Waals surface area contributed by atoms with Crippen molar-refractivity contribution in [2.24, 2.45) is 0 Å². The van der Waals surface area contributed by atoms with Crippen molar-refractivity contribution in [1.82, 2.24) is 20.3 Å². The smallest absolute Gasteiger partial charge is 0.250 e. The van der Waals surface area contributed by atoms with Gasteiger partial charge in [-0.1, -0.05) is 29.4 Å². The molecule has 0 fully saturated rings. The summed E-state index contributed by atoms with van der Waals surface area (Å²) in [5.74, 6) is 2.52. The molecule has 7 heteroatoms. The molecule has 0 amide bonds. The molecule has 0 radical (unpaired) electrons. The van der Waals surface area contributed by atoms with Crippen LogP contribution in [0.25, 0.3) is 0 Å². The van der Waals surface area contributed by atoms with E-state index in [9.17, 15) is 0 Å². The van der Waals surface area contributed by atoms with Gasteiger partial charge >= 0.3 is 0 Å². The lowest BCUT2D eigenvalue weighted by Crippen LogP contribution is -2.31. The van der Waals surface area contributed by atoms with Gasteiger partial charge in [-0.3, -0.25) is 0 Å². The van der Waals surface area contributed by atoms with Crippen LogP contribution in [0.4, 0.5) is 17.6 Å². The van der Waals surface area contributed by atoms with Crippen molar-refractivity contribution in [3.05, 3.63) is 53.4 Å². The Bertz CT molecular complexity index is 831. The zero-order chi connectivity index (χ0) is 15.6. The molecule has 3 heterocycles. The molecule has 1 aromatic carbocycles. The van der Waals surface area contributed by atoms with Crippen LogP contribution in [0.2, 0.25) is 0 Å². The monoisotopic (exact) mass is 308 g/mol. The van der Waals surface area contributed by atoms with Gasteiger partial charge in [0.25, 0.3) is 0 Å². The lowest BCUT2D eigenvalue weighted by Gasteiger charge is -2.29. The van der Waals surface area contributed by atoms with Gasteiger partial charge in [0.05, 0.1) is 6.20 Å². The second-order valence-electron chi connectivity index (χ2n) is 5.53. The highest BCUT2D eigenvalue weighted by atomic mass is 16.5. The number of benzene rings is 1. The van der Waals surface area contributed by atoms with E-state index in [1.54, 1.807) is 12.3 Å². The van der Waals surface area contributed by atoms with Gasteiger partial charge in [0.2, 0.25) is 5.95 Å². The zero-order valence-corrected chi connectivity index (χ0v) is 12.7. The summed E-state index contributed by atoms with van der Waals surface area (Å²) < 4.78 is 5.02. The molecule has 1 N–H and O–H groups in total. The molecule has 0 atom stereocenters. The predicted molar refractivity (Wildman–Crippen MR) is 85.5 cm³/mol. The van der Waals surface area contributed by atoms with Gasteiger partial charge in [-0.15, -0.1) is 5.10 Å². The SMILES string of the molecule is Cc1cc(Nc2nncc(N3CCc4ccccc4C3)n2)no1. The van der Waals surface area contributed by atoms with Crippen molar-refractivity contribution in [3.8, 4) is 0 Å². The van der Waals surface area contributed by atoms with Gasteiger partial charge in [-0.2, -0.15) is 10.1 Å². The molecule has 0 unspecified atom stereocenters. The minimum atomic E-state index is 0.412. The topological polar surface area (TPSA) is 80.0 Å². The highest BCUT2D eigenvalue weighted by molar-refractivity contribution is 5.50. The highest BCUT2D eigenvalue weighted by Crippen LogP contribution is 2.23. The van der Waals surface area contributed by atoms with Crippen molar-refractivity contribution < 1.29 is 4.52 Å². The van der Waals surface area contributed by atoms with E-state index in [0.29, 0.717) is 11.8 Å². The summed E-state index contributed by atoms with van der Waals surface area (Å²) >= 11 is 0. The molecule has 0 aliphatic carbocycles. The third-order valence-electron chi connectivity index (χ3n) is 3.87. The van der Waals surface area contributed by atoms with Crippen LogP contribution in [-0.2, 0) is 13.0 Å². The number of nitrogens with one attached hydrogen (secondary N) is 1. The fourth-order valence-electron chi connectivity index (χ4n) is 2.73. The number of aromatic nitrogens is 4. The molecule has 2 aromatic heterocycles. The second-order valence-corrected chi connectivity index (χ2v) is 5.53. The van der Waals surface area contributed by atoms with Gasteiger partial charge in [0, 0.05) is 19.2 Å². The Balaban J connectivity index is 1.55. The van der Waals surface area contributed by atoms with E-state index in [2.05, 4.69) is 54.8 Å². The lowest BCUT2D eigenvalue weighted by molar-refractivity contribution is 0.400. The van der Waals surface area contributed by atoms with Crippen molar-refractivity contribution in [2.45, 2.75) is 19.9 Å². The average molecular weight is 308 g/mol. The molecule has 0 spiro atoms. The quantitative estimate of drug-likeness (QED) is 0.796. The molecule has 3 aromatic rings. The Hall–Kier alpha value is -2.96. The third kappa shape index (κ3) is 2.85. The molecule has 7 nitrogen and oxygen atoms in total. The molecule has 1 aliphatic heterocycles. The molecular formula is C16H16N6O. The number of anilines is 3. The number of aryl methyl sites for hydroxylation is 1. The Morgan fingerprint density at radius 1 is 1.22 bits per heavy atom. The molecule has 23 heavy (non-hydrogen) atoms. The number of fused-ring (bicyclic) bond motifs is 1. The first-order valence-electron chi connectivity index (χ1n) is 7.50. The summed E-state index contributed by atoms with van der Waals surface area (Å²) in [6, 6.07) is 10.3. The first kappa shape index (κ1) is 13.7. The van der Waals surface area contributed by atoms with Crippen molar-refractivity contribution in [3.63, 3.8) is 0 Å². The molecule has 0 saturated heterocycles. The van der Waals surface area contributed by atoms with Crippen molar-refractivity contribution in [2.75, 3.05) is 16.8 Å². The minimum absolute atomic E-state index is 0.412. The zero-order valence-electron chi connectivity index (χ0n) is 12.7. The van der Waals surface area contributed by atoms with Crippen LogP contribution in [0.15, 0.2) is 41.1 Å². The van der Waals surface area contributed by atoms with Gasteiger partial charge < -0.3 is 14.7 Å². The molecule has 1 aliphatic rings. The first-order chi connectivity index (χ1) is 11.3. The van der Waals surface area contributed by atoms with Crippen molar-refractivity contribution >= 4 is 17.6 Å². The summed E-state index contributed by atoms with van der Waals surface area (Å²) in [4.78, 5) is 6.74. The van der Waals surface area contributed by atoms with Crippen LogP contribution in [-0.4, -0.2) is 26.9 Å². The maximum atomic E-state index is 5.02. The normalized spacial score (nSPS) is 13.7. The summed E-state index contributed by atoms with van der Waals surface area (Å²) in [6.07, 6.45) is 2.69. The van der Waals surface area contributed by atoms with Crippen molar-refractivity contribution in [1.29, 1.82) is 0 Å². The van der Waals surface area contributed by atoms with Crippen LogP contribution < -0.4 is 10.2 Å². The van der Waals surface area contributed by atoms with Gasteiger partial charge in [0.15, 0.2) is 11.6 Å². The summed E-state index contributed by atoms with van der Waals surface area (Å²) in [5.41, 5.74) is 2.74. The highest BCUT2D eigenvalue weighted by Gasteiger charge is 2.18. The molecular weight excluding hydrogens is 292 g/mol. The minimum Gasteiger partial charge on any atom is -0.360 e. The van der Waals surface area contributed by atoms with Crippen LogP contribution in [0.3, 0.4) is 0 Å². The summed E-state index contributed by atoms with van der Waals surface area (Å²) in [5, 5.41) is 14.9. The maximum Gasteiger partial charge on any atom is 0.250 e. The van der Waals surface area contributed by atoms with Crippen LogP contribution in [0.5, 0.6) is 0 Å². The summed E-state index contributed by atoms with van der Waals surface area (Å²) in [6.45, 7) is 3.58. The van der Waals surface area contributed by atoms with Crippen LogP contribution >= 0.6 is 0 Å². The average Bonchev–Trinajstić information content (AvgIpc) is 2.99. The van der Waals surface area contributed by atoms with Crippen LogP contribution in [0, 0.1) is 6.92 Å². The molecule has 0 bridgehead atoms. The maximum absolute atomic E-state index is 5.02. The number of hydrogen-bond acceptors (Lipinski definition) is 7. The van der Waals surface area contributed by atoms with Gasteiger partial charge in [-0.05, 0) is 24.5 Å². The Labute approximate surface area is 133 Å². The number of nitrogens with zero attached hydrogens (tertiary/aromatic N) is 5. The van der Waals surface area contributed by atoms with Gasteiger partial charge in [-0.25, -0.2) is 0 Å². The van der Waals surface area contributed by atoms with E-state index in [4.69, 9.17) is 4.52 Å². The Kier molecular flexibility index (Phi) is 3.38. The second kappa shape index (κ2) is 5.68. The first-order valence-corrected chi connectivity index (χ1v) is 7.50. The number of hydrogen-bond donors (Lipinski definition) is 1. The predicted octanol–water partition coefficient (Wildman–Crippen LogP) is 2.47. The Morgan fingerprint density at radius 2 is 2.09 bits per heavy atom. The van der Waals surface area contributed by atoms with Gasteiger partial charge in [0.1, 0.15) is 5.76 Å². The molecule has 116 valence electrons. The third-order valence-corrected chi connectivity index (χ3v) is 3.87.